The molecule has 0 bridgehead atoms. The van der Waals surface area contributed by atoms with Crippen LogP contribution in [-0.2, 0) is 13.0 Å². The van der Waals surface area contributed by atoms with Gasteiger partial charge in [0.2, 0.25) is 0 Å². The molecule has 1 aromatic heterocycles. The van der Waals surface area contributed by atoms with E-state index in [0.717, 1.165) is 43.6 Å². The maximum Gasteiger partial charge on any atom is 0.255 e. The molecule has 3 aromatic rings. The van der Waals surface area contributed by atoms with Crippen LogP contribution in [0.25, 0.3) is 11.4 Å². The van der Waals surface area contributed by atoms with Gasteiger partial charge in [-0.05, 0) is 50.1 Å². The predicted octanol–water partition coefficient (Wildman–Crippen LogP) is 4.37. The van der Waals surface area contributed by atoms with Crippen molar-refractivity contribution < 1.29 is 9.18 Å². The van der Waals surface area contributed by atoms with Crippen LogP contribution in [0.3, 0.4) is 0 Å². The fourth-order valence-corrected chi connectivity index (χ4v) is 3.45. The van der Waals surface area contributed by atoms with Gasteiger partial charge in [-0.2, -0.15) is 0 Å². The smallest absolute Gasteiger partial charge is 0.255 e. The Labute approximate surface area is 157 Å². The second-order valence-electron chi connectivity index (χ2n) is 6.92. The number of aryl methyl sites for hydroxylation is 2. The summed E-state index contributed by atoms with van der Waals surface area (Å²) in [5, 5.41) is 11.3. The zero-order valence-corrected chi connectivity index (χ0v) is 15.2. The molecule has 1 aliphatic rings. The molecule has 0 atom stereocenters. The van der Waals surface area contributed by atoms with Crippen LogP contribution in [-0.4, -0.2) is 20.7 Å². The number of hydrogen-bond acceptors (Lipinski definition) is 3. The third kappa shape index (κ3) is 3.60. The molecule has 0 aliphatic carbocycles. The van der Waals surface area contributed by atoms with E-state index < -0.39 is 0 Å². The molecule has 6 heteroatoms. The Morgan fingerprint density at radius 3 is 2.85 bits per heavy atom. The van der Waals surface area contributed by atoms with Gasteiger partial charge in [-0.15, -0.1) is 10.2 Å². The molecule has 2 heterocycles. The summed E-state index contributed by atoms with van der Waals surface area (Å²) in [4.78, 5) is 12.5. The van der Waals surface area contributed by atoms with Gasteiger partial charge in [0, 0.05) is 24.2 Å². The highest BCUT2D eigenvalue weighted by atomic mass is 19.1. The second kappa shape index (κ2) is 7.31. The van der Waals surface area contributed by atoms with Crippen molar-refractivity contribution in [3.63, 3.8) is 0 Å². The highest BCUT2D eigenvalue weighted by Crippen LogP contribution is 2.27. The fourth-order valence-electron chi connectivity index (χ4n) is 3.45. The van der Waals surface area contributed by atoms with E-state index in [9.17, 15) is 9.18 Å². The van der Waals surface area contributed by atoms with E-state index >= 15 is 0 Å². The highest BCUT2D eigenvalue weighted by molar-refractivity contribution is 6.04. The third-order valence-corrected chi connectivity index (χ3v) is 4.85. The normalized spacial score (nSPS) is 13.7. The number of carbonyl (C=O) groups is 1. The number of fused-ring (bicyclic) bond motifs is 1. The average Bonchev–Trinajstić information content (AvgIpc) is 2.91. The number of aromatic nitrogens is 3. The van der Waals surface area contributed by atoms with Gasteiger partial charge in [-0.3, -0.25) is 4.79 Å². The van der Waals surface area contributed by atoms with Crippen LogP contribution in [0, 0.1) is 12.7 Å². The first-order valence-electron chi connectivity index (χ1n) is 9.22. The Balaban J connectivity index is 1.64. The molecule has 1 N–H and O–H groups in total. The van der Waals surface area contributed by atoms with Crippen molar-refractivity contribution in [1.82, 2.24) is 14.8 Å². The molecular formula is C21H21FN4O. The molecule has 0 saturated heterocycles. The number of anilines is 1. The molecular weight excluding hydrogens is 343 g/mol. The lowest BCUT2D eigenvalue weighted by Crippen LogP contribution is -2.12. The standard InChI is InChI=1S/C21H21FN4O/c1-14-6-5-7-15(12-14)21(27)23-16-9-10-18(22)17(13-16)20-25-24-19-8-3-2-4-11-26(19)20/h5-7,9-10,12-13H,2-4,8,11H2,1H3,(H,23,27). The number of rotatable bonds is 3. The summed E-state index contributed by atoms with van der Waals surface area (Å²) in [5.74, 6) is 0.825. The zero-order chi connectivity index (χ0) is 18.8. The summed E-state index contributed by atoms with van der Waals surface area (Å²) < 4.78 is 16.5. The van der Waals surface area contributed by atoms with Crippen LogP contribution in [0.2, 0.25) is 0 Å². The lowest BCUT2D eigenvalue weighted by atomic mass is 10.1. The Kier molecular flexibility index (Phi) is 4.71. The van der Waals surface area contributed by atoms with E-state index in [1.165, 1.54) is 6.07 Å². The topological polar surface area (TPSA) is 59.8 Å². The van der Waals surface area contributed by atoms with E-state index in [0.29, 0.717) is 22.6 Å². The van der Waals surface area contributed by atoms with Gasteiger partial charge in [-0.25, -0.2) is 4.39 Å². The van der Waals surface area contributed by atoms with Gasteiger partial charge < -0.3 is 9.88 Å². The minimum atomic E-state index is -0.372. The van der Waals surface area contributed by atoms with E-state index in [2.05, 4.69) is 15.5 Å². The Morgan fingerprint density at radius 1 is 1.11 bits per heavy atom. The summed E-state index contributed by atoms with van der Waals surface area (Å²) in [6.07, 6.45) is 4.10. The predicted molar refractivity (Wildman–Crippen MR) is 102 cm³/mol. The van der Waals surface area contributed by atoms with Gasteiger partial charge in [0.25, 0.3) is 5.91 Å². The van der Waals surface area contributed by atoms with Crippen molar-refractivity contribution in [2.75, 3.05) is 5.32 Å². The minimum absolute atomic E-state index is 0.226. The molecule has 1 aliphatic heterocycles. The van der Waals surface area contributed by atoms with E-state index in [1.54, 1.807) is 18.2 Å². The largest absolute Gasteiger partial charge is 0.322 e. The minimum Gasteiger partial charge on any atom is -0.322 e. The number of nitrogens with zero attached hydrogens (tertiary/aromatic N) is 3. The molecule has 0 saturated carbocycles. The first kappa shape index (κ1) is 17.4. The number of nitrogens with one attached hydrogen (secondary N) is 1. The fraction of sp³-hybridized carbons (Fsp3) is 0.286. The molecule has 4 rings (SSSR count). The van der Waals surface area contributed by atoms with Gasteiger partial charge in [-0.1, -0.05) is 24.1 Å². The van der Waals surface area contributed by atoms with Crippen molar-refractivity contribution in [3.05, 3.63) is 65.2 Å². The van der Waals surface area contributed by atoms with E-state index in [4.69, 9.17) is 0 Å². The maximum absolute atomic E-state index is 14.5. The molecule has 0 radical (unpaired) electrons. The lowest BCUT2D eigenvalue weighted by molar-refractivity contribution is 0.102. The number of halogens is 1. The highest BCUT2D eigenvalue weighted by Gasteiger charge is 2.19. The number of benzene rings is 2. The summed E-state index contributed by atoms with van der Waals surface area (Å²) in [6, 6.07) is 11.9. The molecule has 0 unspecified atom stereocenters. The van der Waals surface area contributed by atoms with E-state index in [1.807, 2.05) is 29.7 Å². The first-order chi connectivity index (χ1) is 13.1. The van der Waals surface area contributed by atoms with Gasteiger partial charge in [0.05, 0.1) is 5.56 Å². The monoisotopic (exact) mass is 364 g/mol. The number of amides is 1. The number of hydrogen-bond donors (Lipinski definition) is 1. The zero-order valence-electron chi connectivity index (χ0n) is 15.2. The quantitative estimate of drug-likeness (QED) is 0.751. The first-order valence-corrected chi connectivity index (χ1v) is 9.22. The van der Waals surface area contributed by atoms with E-state index in [-0.39, 0.29) is 11.7 Å². The molecule has 138 valence electrons. The van der Waals surface area contributed by atoms with Gasteiger partial charge in [0.15, 0.2) is 5.82 Å². The molecule has 0 fully saturated rings. The summed E-state index contributed by atoms with van der Waals surface area (Å²) in [6.45, 7) is 2.72. The lowest BCUT2D eigenvalue weighted by Gasteiger charge is -2.11. The number of carbonyl (C=O) groups excluding carboxylic acids is 1. The van der Waals surface area contributed by atoms with Crippen molar-refractivity contribution in [2.45, 2.75) is 39.2 Å². The Hall–Kier alpha value is -3.02. The van der Waals surface area contributed by atoms with Crippen LogP contribution >= 0.6 is 0 Å². The van der Waals surface area contributed by atoms with Crippen LogP contribution in [0.4, 0.5) is 10.1 Å². The van der Waals surface area contributed by atoms with Crippen LogP contribution in [0.5, 0.6) is 0 Å². The van der Waals surface area contributed by atoms with Crippen molar-refractivity contribution in [3.8, 4) is 11.4 Å². The van der Waals surface area contributed by atoms with Crippen molar-refractivity contribution in [1.29, 1.82) is 0 Å². The van der Waals surface area contributed by atoms with Crippen LogP contribution in [0.1, 0.15) is 41.0 Å². The maximum atomic E-state index is 14.5. The molecule has 0 spiro atoms. The second-order valence-corrected chi connectivity index (χ2v) is 6.92. The van der Waals surface area contributed by atoms with Gasteiger partial charge >= 0.3 is 0 Å². The van der Waals surface area contributed by atoms with Crippen LogP contribution < -0.4 is 5.32 Å². The third-order valence-electron chi connectivity index (χ3n) is 4.85. The Morgan fingerprint density at radius 2 is 2.00 bits per heavy atom. The Bertz CT molecular complexity index is 996. The van der Waals surface area contributed by atoms with Gasteiger partial charge in [0.1, 0.15) is 11.6 Å². The van der Waals surface area contributed by atoms with Crippen molar-refractivity contribution in [2.24, 2.45) is 0 Å². The summed E-state index contributed by atoms with van der Waals surface area (Å²) >= 11 is 0. The summed E-state index contributed by atoms with van der Waals surface area (Å²) in [7, 11) is 0. The molecule has 27 heavy (non-hydrogen) atoms. The van der Waals surface area contributed by atoms with Crippen LogP contribution in [0.15, 0.2) is 42.5 Å². The average molecular weight is 364 g/mol. The summed E-state index contributed by atoms with van der Waals surface area (Å²) in [5.41, 5.74) is 2.47. The molecule has 1 amide bonds. The van der Waals surface area contributed by atoms with Crippen molar-refractivity contribution >= 4 is 11.6 Å². The molecule has 5 nitrogen and oxygen atoms in total. The molecule has 2 aromatic carbocycles. The SMILES string of the molecule is Cc1cccc(C(=O)Nc2ccc(F)c(-c3nnc4n3CCCCC4)c2)c1.